The number of fused-ring (bicyclic) bond motifs is 5. The largest absolute Gasteiger partial charge is 0.0616 e. The number of hydrogen-bond acceptors (Lipinski definition) is 0. The molecule has 0 unspecified atom stereocenters. The lowest BCUT2D eigenvalue weighted by Crippen LogP contribution is -1.89. The summed E-state index contributed by atoms with van der Waals surface area (Å²) in [5.74, 6) is 0. The molecule has 0 heteroatoms. The molecule has 0 bridgehead atoms. The molecular formula is C36H22. The predicted molar refractivity (Wildman–Crippen MR) is 154 cm³/mol. The molecule has 0 fully saturated rings. The highest BCUT2D eigenvalue weighted by atomic mass is 14.3. The second-order valence-electron chi connectivity index (χ2n) is 9.67. The van der Waals surface area contributed by atoms with E-state index in [-0.39, 0.29) is 0 Å². The van der Waals surface area contributed by atoms with Crippen molar-refractivity contribution in [1.82, 2.24) is 0 Å². The van der Waals surface area contributed by atoms with Gasteiger partial charge in [-0.2, -0.15) is 0 Å². The van der Waals surface area contributed by atoms with E-state index in [1.807, 2.05) is 0 Å². The zero-order valence-corrected chi connectivity index (χ0v) is 19.7. The average molecular weight is 455 g/mol. The molecule has 7 aromatic carbocycles. The fraction of sp³-hybridized carbons (Fsp3) is 0. The van der Waals surface area contributed by atoms with Crippen LogP contribution in [-0.4, -0.2) is 0 Å². The highest BCUT2D eigenvalue weighted by Gasteiger charge is 2.24. The van der Waals surface area contributed by atoms with Gasteiger partial charge in [0.15, 0.2) is 0 Å². The van der Waals surface area contributed by atoms with E-state index in [0.717, 1.165) is 0 Å². The van der Waals surface area contributed by atoms with Crippen LogP contribution in [-0.2, 0) is 0 Å². The van der Waals surface area contributed by atoms with E-state index in [1.54, 1.807) is 0 Å². The topological polar surface area (TPSA) is 0 Å². The Morgan fingerprint density at radius 2 is 0.750 bits per heavy atom. The minimum Gasteiger partial charge on any atom is -0.0616 e. The summed E-state index contributed by atoms with van der Waals surface area (Å²) in [7, 11) is 0. The van der Waals surface area contributed by atoms with E-state index < -0.39 is 0 Å². The Balaban J connectivity index is 1.45. The van der Waals surface area contributed by atoms with E-state index in [1.165, 1.54) is 76.8 Å². The minimum atomic E-state index is 1.27. The third-order valence-electron chi connectivity index (χ3n) is 7.83. The molecule has 36 heavy (non-hydrogen) atoms. The Bertz CT molecular complexity index is 1990. The lowest BCUT2D eigenvalue weighted by molar-refractivity contribution is 1.65. The Morgan fingerprint density at radius 3 is 1.56 bits per heavy atom. The molecule has 0 N–H and O–H groups in total. The van der Waals surface area contributed by atoms with Crippen LogP contribution in [0.2, 0.25) is 0 Å². The van der Waals surface area contributed by atoms with Crippen LogP contribution < -0.4 is 0 Å². The van der Waals surface area contributed by atoms with E-state index in [0.29, 0.717) is 0 Å². The zero-order valence-electron chi connectivity index (χ0n) is 19.7. The first-order valence-electron chi connectivity index (χ1n) is 12.5. The first-order chi connectivity index (χ1) is 17.9. The van der Waals surface area contributed by atoms with Gasteiger partial charge in [0.2, 0.25) is 0 Å². The summed E-state index contributed by atoms with van der Waals surface area (Å²) in [6.45, 7) is 0. The van der Waals surface area contributed by atoms with Crippen molar-refractivity contribution < 1.29 is 0 Å². The maximum Gasteiger partial charge on any atom is -0.00141 e. The van der Waals surface area contributed by atoms with Crippen LogP contribution in [0.25, 0.3) is 76.8 Å². The summed E-state index contributed by atoms with van der Waals surface area (Å²) in [4.78, 5) is 0. The van der Waals surface area contributed by atoms with Gasteiger partial charge >= 0.3 is 0 Å². The summed E-state index contributed by atoms with van der Waals surface area (Å²) in [6, 6.07) is 49.0. The molecule has 0 saturated carbocycles. The smallest absolute Gasteiger partial charge is 0.00141 e. The van der Waals surface area contributed by atoms with E-state index >= 15 is 0 Å². The summed E-state index contributed by atoms with van der Waals surface area (Å²) >= 11 is 0. The minimum absolute atomic E-state index is 1.27. The second kappa shape index (κ2) is 7.41. The quantitative estimate of drug-likeness (QED) is 0.244. The van der Waals surface area contributed by atoms with Crippen molar-refractivity contribution in [3.05, 3.63) is 133 Å². The summed E-state index contributed by atoms with van der Waals surface area (Å²) in [5, 5.41) is 7.83. The fourth-order valence-corrected chi connectivity index (χ4v) is 6.27. The van der Waals surface area contributed by atoms with Gasteiger partial charge in [-0.25, -0.2) is 0 Å². The fourth-order valence-electron chi connectivity index (χ4n) is 6.27. The predicted octanol–water partition coefficient (Wildman–Crippen LogP) is 10.1. The van der Waals surface area contributed by atoms with Gasteiger partial charge in [-0.05, 0) is 76.8 Å². The van der Waals surface area contributed by atoms with Gasteiger partial charge in [0, 0.05) is 0 Å². The Morgan fingerprint density at radius 1 is 0.250 bits per heavy atom. The van der Waals surface area contributed by atoms with Crippen molar-refractivity contribution in [1.29, 1.82) is 0 Å². The summed E-state index contributed by atoms with van der Waals surface area (Å²) in [5.41, 5.74) is 10.5. The van der Waals surface area contributed by atoms with Gasteiger partial charge in [0.25, 0.3) is 0 Å². The van der Waals surface area contributed by atoms with Gasteiger partial charge < -0.3 is 0 Å². The lowest BCUT2D eigenvalue weighted by Gasteiger charge is -2.16. The van der Waals surface area contributed by atoms with Crippen LogP contribution in [0, 0.1) is 0 Å². The molecule has 0 amide bonds. The van der Waals surface area contributed by atoms with Crippen LogP contribution in [0.5, 0.6) is 0 Å². The van der Waals surface area contributed by atoms with Crippen molar-refractivity contribution in [2.45, 2.75) is 0 Å². The van der Waals surface area contributed by atoms with Crippen molar-refractivity contribution >= 4 is 32.3 Å². The maximum atomic E-state index is 2.33. The van der Waals surface area contributed by atoms with E-state index in [4.69, 9.17) is 0 Å². The lowest BCUT2D eigenvalue weighted by atomic mass is 9.87. The molecular weight excluding hydrogens is 432 g/mol. The van der Waals surface area contributed by atoms with Gasteiger partial charge in [0.05, 0.1) is 0 Å². The van der Waals surface area contributed by atoms with Crippen LogP contribution in [0.15, 0.2) is 133 Å². The normalized spacial score (nSPS) is 11.9. The van der Waals surface area contributed by atoms with E-state index in [2.05, 4.69) is 133 Å². The van der Waals surface area contributed by atoms with Crippen molar-refractivity contribution in [2.75, 3.05) is 0 Å². The van der Waals surface area contributed by atoms with Crippen LogP contribution in [0.4, 0.5) is 0 Å². The molecule has 0 saturated heterocycles. The van der Waals surface area contributed by atoms with Gasteiger partial charge in [-0.1, -0.05) is 133 Å². The molecule has 0 nitrogen and oxygen atoms in total. The Labute approximate surface area is 210 Å². The molecule has 0 aliphatic heterocycles. The van der Waals surface area contributed by atoms with Crippen LogP contribution in [0.3, 0.4) is 0 Å². The molecule has 0 aromatic heterocycles. The molecule has 1 aliphatic carbocycles. The molecule has 7 aromatic rings. The third kappa shape index (κ3) is 2.64. The third-order valence-corrected chi connectivity index (χ3v) is 7.83. The Kier molecular flexibility index (Phi) is 4.03. The van der Waals surface area contributed by atoms with Crippen molar-refractivity contribution in [3.8, 4) is 44.5 Å². The molecule has 8 rings (SSSR count). The maximum absolute atomic E-state index is 2.33. The molecule has 0 atom stereocenters. The number of hydrogen-bond donors (Lipinski definition) is 0. The molecule has 166 valence electrons. The first-order valence-corrected chi connectivity index (χ1v) is 12.5. The monoisotopic (exact) mass is 454 g/mol. The number of benzene rings is 7. The highest BCUT2D eigenvalue weighted by Crippen LogP contribution is 2.52. The average Bonchev–Trinajstić information content (AvgIpc) is 3.29. The SMILES string of the molecule is c1ccc2c(c1)-c1cccc3ccc(-c4ccc(-c5cccc6ccccc56)c5ccccc45)c-2c13. The standard InChI is InChI=1S/C36H22/c1-2-12-25-23(9-1)10-7-17-26(25)30-21-22-31(28-14-4-3-13-27(28)30)34-20-19-24-11-8-18-32-29-15-5-6-16-33(29)36(34)35(24)32/h1-22H. The first kappa shape index (κ1) is 19.6. The molecule has 0 radical (unpaired) electrons. The second-order valence-corrected chi connectivity index (χ2v) is 9.67. The van der Waals surface area contributed by atoms with Crippen molar-refractivity contribution in [2.24, 2.45) is 0 Å². The zero-order chi connectivity index (χ0) is 23.6. The summed E-state index contributed by atoms with van der Waals surface area (Å²) < 4.78 is 0. The van der Waals surface area contributed by atoms with Gasteiger partial charge in [0.1, 0.15) is 0 Å². The van der Waals surface area contributed by atoms with Gasteiger partial charge in [-0.15, -0.1) is 0 Å². The van der Waals surface area contributed by atoms with Crippen LogP contribution in [0.1, 0.15) is 0 Å². The molecule has 0 spiro atoms. The highest BCUT2D eigenvalue weighted by molar-refractivity contribution is 6.21. The van der Waals surface area contributed by atoms with Gasteiger partial charge in [-0.3, -0.25) is 0 Å². The number of rotatable bonds is 2. The molecule has 0 heterocycles. The summed E-state index contributed by atoms with van der Waals surface area (Å²) in [6.07, 6.45) is 0. The van der Waals surface area contributed by atoms with E-state index in [9.17, 15) is 0 Å². The van der Waals surface area contributed by atoms with Crippen LogP contribution >= 0.6 is 0 Å². The van der Waals surface area contributed by atoms with Crippen molar-refractivity contribution in [3.63, 3.8) is 0 Å². The Hall–Kier alpha value is -4.68. The molecule has 1 aliphatic rings.